The average Bonchev–Trinajstić information content (AvgIpc) is 3.23. The van der Waals surface area contributed by atoms with E-state index < -0.39 is 5.97 Å². The van der Waals surface area contributed by atoms with Gasteiger partial charge < -0.3 is 15.5 Å². The second-order valence-corrected chi connectivity index (χ2v) is 7.36. The van der Waals surface area contributed by atoms with Gasteiger partial charge in [0.25, 0.3) is 0 Å². The van der Waals surface area contributed by atoms with Gasteiger partial charge in [0.2, 0.25) is 0 Å². The second-order valence-electron chi connectivity index (χ2n) is 6.19. The smallest absolute Gasteiger partial charge is 0.340 e. The molecule has 0 atom stereocenters. The van der Waals surface area contributed by atoms with Crippen LogP contribution in [-0.4, -0.2) is 18.1 Å². The molecule has 0 bridgehead atoms. The van der Waals surface area contributed by atoms with Gasteiger partial charge >= 0.3 is 5.97 Å². The molecule has 0 amide bonds. The number of nitrogen functional groups attached to an aromatic ring is 1. The van der Waals surface area contributed by atoms with Crippen molar-refractivity contribution in [1.82, 2.24) is 4.98 Å². The zero-order valence-electron chi connectivity index (χ0n) is 14.6. The molecule has 0 unspecified atom stereocenters. The number of carbonyl (C=O) groups is 1. The van der Waals surface area contributed by atoms with Crippen molar-refractivity contribution in [2.75, 3.05) is 12.8 Å². The Bertz CT molecular complexity index is 1130. The molecule has 136 valence electrons. The number of thiophene rings is 1. The van der Waals surface area contributed by atoms with Gasteiger partial charge in [-0.25, -0.2) is 9.18 Å². The zero-order valence-corrected chi connectivity index (χ0v) is 15.4. The molecule has 2 aromatic heterocycles. The van der Waals surface area contributed by atoms with Crippen LogP contribution in [-0.2, 0) is 11.2 Å². The molecule has 27 heavy (non-hydrogen) atoms. The van der Waals surface area contributed by atoms with E-state index in [2.05, 4.69) is 4.98 Å². The van der Waals surface area contributed by atoms with Crippen LogP contribution in [0.4, 0.5) is 9.39 Å². The first-order valence-corrected chi connectivity index (χ1v) is 9.20. The largest absolute Gasteiger partial charge is 0.465 e. The predicted octanol–water partition coefficient (Wildman–Crippen LogP) is 5.00. The summed E-state index contributed by atoms with van der Waals surface area (Å²) in [5, 5.41) is 1.53. The summed E-state index contributed by atoms with van der Waals surface area (Å²) in [5.74, 6) is -0.710. The van der Waals surface area contributed by atoms with E-state index in [-0.39, 0.29) is 5.82 Å². The van der Waals surface area contributed by atoms with Gasteiger partial charge in [-0.15, -0.1) is 11.3 Å². The van der Waals surface area contributed by atoms with Crippen molar-refractivity contribution in [3.8, 4) is 11.3 Å². The van der Waals surface area contributed by atoms with E-state index in [4.69, 9.17) is 10.5 Å². The Kier molecular flexibility index (Phi) is 4.41. The van der Waals surface area contributed by atoms with Crippen LogP contribution < -0.4 is 5.73 Å². The van der Waals surface area contributed by atoms with Gasteiger partial charge in [-0.1, -0.05) is 18.2 Å². The van der Waals surface area contributed by atoms with E-state index >= 15 is 0 Å². The van der Waals surface area contributed by atoms with Crippen LogP contribution >= 0.6 is 11.3 Å². The Morgan fingerprint density at radius 2 is 1.93 bits per heavy atom. The van der Waals surface area contributed by atoms with Gasteiger partial charge in [0, 0.05) is 22.2 Å². The van der Waals surface area contributed by atoms with E-state index in [0.29, 0.717) is 17.0 Å². The molecule has 4 aromatic rings. The van der Waals surface area contributed by atoms with Crippen LogP contribution in [0, 0.1) is 5.82 Å². The number of methoxy groups -OCH3 is 1. The van der Waals surface area contributed by atoms with E-state index in [1.165, 1.54) is 30.6 Å². The highest BCUT2D eigenvalue weighted by atomic mass is 32.1. The second kappa shape index (κ2) is 6.89. The number of anilines is 1. The maximum atomic E-state index is 13.3. The molecule has 6 heteroatoms. The monoisotopic (exact) mass is 380 g/mol. The average molecular weight is 380 g/mol. The Morgan fingerprint density at radius 3 is 2.67 bits per heavy atom. The number of para-hydroxylation sites is 1. The fourth-order valence-corrected chi connectivity index (χ4v) is 4.16. The van der Waals surface area contributed by atoms with Gasteiger partial charge in [-0.3, -0.25) is 0 Å². The number of aromatic nitrogens is 1. The van der Waals surface area contributed by atoms with Crippen LogP contribution in [0.1, 0.15) is 20.8 Å². The molecule has 0 saturated carbocycles. The molecular weight excluding hydrogens is 363 g/mol. The molecule has 0 aliphatic carbocycles. The molecule has 3 N–H and O–H groups in total. The molecule has 2 heterocycles. The Balaban J connectivity index is 1.82. The number of carbonyl (C=O) groups excluding carboxylic acids is 1. The first-order valence-electron chi connectivity index (χ1n) is 8.39. The topological polar surface area (TPSA) is 68.1 Å². The van der Waals surface area contributed by atoms with Gasteiger partial charge in [-0.2, -0.15) is 0 Å². The minimum absolute atomic E-state index is 0.273. The molecule has 0 aliphatic rings. The molecule has 0 spiro atoms. The molecule has 4 nitrogen and oxygen atoms in total. The Labute approximate surface area is 159 Å². The number of ether oxygens (including phenoxy) is 1. The highest BCUT2D eigenvalue weighted by Crippen LogP contribution is 2.35. The standard InChI is InChI=1S/C21H17FN2O2S/c1-26-21(25)17-11-14(27-20(17)23)10-16-15-4-2-3-5-18(15)24-19(16)12-6-8-13(22)9-7-12/h2-9,11,24H,10,23H2,1H3. The highest BCUT2D eigenvalue weighted by molar-refractivity contribution is 7.16. The number of benzene rings is 2. The number of nitrogens with one attached hydrogen (secondary N) is 1. The van der Waals surface area contributed by atoms with E-state index in [0.717, 1.165) is 32.6 Å². The number of rotatable bonds is 4. The summed E-state index contributed by atoms with van der Waals surface area (Å²) < 4.78 is 18.1. The lowest BCUT2D eigenvalue weighted by atomic mass is 10.0. The number of halogens is 1. The summed E-state index contributed by atoms with van der Waals surface area (Å²) in [6.45, 7) is 0. The Hall–Kier alpha value is -3.12. The van der Waals surface area contributed by atoms with Crippen LogP contribution in [0.3, 0.4) is 0 Å². The number of esters is 1. The number of nitrogens with two attached hydrogens (primary N) is 1. The van der Waals surface area contributed by atoms with Crippen molar-refractivity contribution in [3.05, 3.63) is 76.4 Å². The summed E-state index contributed by atoms with van der Waals surface area (Å²) in [6, 6.07) is 16.2. The predicted molar refractivity (Wildman–Crippen MR) is 107 cm³/mol. The summed E-state index contributed by atoms with van der Waals surface area (Å²) >= 11 is 1.37. The van der Waals surface area contributed by atoms with Gasteiger partial charge in [0.05, 0.1) is 18.4 Å². The molecule has 0 saturated heterocycles. The number of fused-ring (bicyclic) bond motifs is 1. The first-order chi connectivity index (χ1) is 13.1. The summed E-state index contributed by atoms with van der Waals surface area (Å²) in [5.41, 5.74) is 10.3. The Morgan fingerprint density at radius 1 is 1.19 bits per heavy atom. The minimum Gasteiger partial charge on any atom is -0.465 e. The summed E-state index contributed by atoms with van der Waals surface area (Å²) in [6.07, 6.45) is 0.600. The molecule has 2 aromatic carbocycles. The van der Waals surface area contributed by atoms with Crippen LogP contribution in [0.15, 0.2) is 54.6 Å². The molecule has 0 aliphatic heterocycles. The van der Waals surface area contributed by atoms with Crippen molar-refractivity contribution >= 4 is 33.2 Å². The third kappa shape index (κ3) is 3.19. The highest BCUT2D eigenvalue weighted by Gasteiger charge is 2.18. The van der Waals surface area contributed by atoms with Gasteiger partial charge in [-0.05, 0) is 47.5 Å². The summed E-state index contributed by atoms with van der Waals surface area (Å²) in [7, 11) is 1.34. The molecule has 0 fully saturated rings. The zero-order chi connectivity index (χ0) is 19.0. The maximum absolute atomic E-state index is 13.3. The SMILES string of the molecule is COC(=O)c1cc(Cc2c(-c3ccc(F)cc3)[nH]c3ccccc23)sc1N. The molecular formula is C21H17FN2O2S. The van der Waals surface area contributed by atoms with Crippen molar-refractivity contribution in [2.24, 2.45) is 0 Å². The third-order valence-corrected chi connectivity index (χ3v) is 5.48. The van der Waals surface area contributed by atoms with Crippen molar-refractivity contribution < 1.29 is 13.9 Å². The fraction of sp³-hybridized carbons (Fsp3) is 0.0952. The van der Waals surface area contributed by atoms with Crippen molar-refractivity contribution in [1.29, 1.82) is 0 Å². The minimum atomic E-state index is -0.437. The fourth-order valence-electron chi connectivity index (χ4n) is 3.24. The lowest BCUT2D eigenvalue weighted by Gasteiger charge is -2.04. The molecule has 4 rings (SSSR count). The van der Waals surface area contributed by atoms with Crippen LogP contribution in [0.2, 0.25) is 0 Å². The van der Waals surface area contributed by atoms with Crippen LogP contribution in [0.25, 0.3) is 22.2 Å². The van der Waals surface area contributed by atoms with Gasteiger partial charge in [0.1, 0.15) is 10.8 Å². The third-order valence-electron chi connectivity index (χ3n) is 4.51. The van der Waals surface area contributed by atoms with E-state index in [9.17, 15) is 9.18 Å². The lowest BCUT2D eigenvalue weighted by Crippen LogP contribution is -2.02. The van der Waals surface area contributed by atoms with E-state index in [1.54, 1.807) is 18.2 Å². The number of hydrogen-bond donors (Lipinski definition) is 2. The number of hydrogen-bond acceptors (Lipinski definition) is 4. The maximum Gasteiger partial charge on any atom is 0.340 e. The number of H-pyrrole nitrogens is 1. The van der Waals surface area contributed by atoms with Crippen molar-refractivity contribution in [3.63, 3.8) is 0 Å². The van der Waals surface area contributed by atoms with Crippen LogP contribution in [0.5, 0.6) is 0 Å². The molecule has 0 radical (unpaired) electrons. The number of aromatic amines is 1. The normalized spacial score (nSPS) is 11.0. The first kappa shape index (κ1) is 17.3. The summed E-state index contributed by atoms with van der Waals surface area (Å²) in [4.78, 5) is 16.2. The van der Waals surface area contributed by atoms with Gasteiger partial charge in [0.15, 0.2) is 0 Å². The lowest BCUT2D eigenvalue weighted by molar-refractivity contribution is 0.0602. The van der Waals surface area contributed by atoms with E-state index in [1.807, 2.05) is 24.3 Å². The quantitative estimate of drug-likeness (QED) is 0.490. The van der Waals surface area contributed by atoms with Crippen molar-refractivity contribution in [2.45, 2.75) is 6.42 Å².